The van der Waals surface area contributed by atoms with Crippen molar-refractivity contribution in [2.45, 2.75) is 56.6 Å². The van der Waals surface area contributed by atoms with Crippen molar-refractivity contribution in [3.63, 3.8) is 0 Å². The molecular weight excluding hydrogens is 282 g/mol. The van der Waals surface area contributed by atoms with Crippen LogP contribution in [0.4, 0.5) is 0 Å². The molecule has 0 saturated heterocycles. The Morgan fingerprint density at radius 3 is 2.48 bits per heavy atom. The van der Waals surface area contributed by atoms with Crippen LogP contribution in [-0.4, -0.2) is 26.3 Å². The number of rotatable bonds is 6. The minimum Gasteiger partial charge on any atom is -0.313 e. The van der Waals surface area contributed by atoms with Crippen molar-refractivity contribution in [3.05, 3.63) is 35.9 Å². The first-order valence-corrected chi connectivity index (χ1v) is 9.77. The summed E-state index contributed by atoms with van der Waals surface area (Å²) in [4.78, 5) is 0. The molecule has 0 spiro atoms. The highest BCUT2D eigenvalue weighted by molar-refractivity contribution is 7.91. The molecule has 1 N–H and O–H groups in total. The molecule has 0 bridgehead atoms. The normalized spacial score (nSPS) is 26.7. The van der Waals surface area contributed by atoms with Crippen molar-refractivity contribution in [2.75, 3.05) is 6.54 Å². The maximum atomic E-state index is 12.9. The highest BCUT2D eigenvalue weighted by Crippen LogP contribution is 2.32. The Bertz CT molecular complexity index is 527. The zero-order chi connectivity index (χ0) is 15.3. The molecule has 0 amide bonds. The number of benzene rings is 1. The van der Waals surface area contributed by atoms with Crippen LogP contribution in [0.5, 0.6) is 0 Å². The van der Waals surface area contributed by atoms with Gasteiger partial charge in [-0.15, -0.1) is 0 Å². The van der Waals surface area contributed by atoms with Crippen LogP contribution < -0.4 is 5.32 Å². The predicted molar refractivity (Wildman–Crippen MR) is 88.0 cm³/mol. The van der Waals surface area contributed by atoms with E-state index in [-0.39, 0.29) is 17.0 Å². The van der Waals surface area contributed by atoms with Crippen molar-refractivity contribution in [2.24, 2.45) is 5.92 Å². The van der Waals surface area contributed by atoms with Gasteiger partial charge in [0, 0.05) is 6.04 Å². The zero-order valence-corrected chi connectivity index (χ0v) is 13.9. The van der Waals surface area contributed by atoms with Gasteiger partial charge in [-0.3, -0.25) is 0 Å². The number of sulfone groups is 1. The van der Waals surface area contributed by atoms with E-state index in [0.29, 0.717) is 5.92 Å². The Hall–Kier alpha value is -0.870. The quantitative estimate of drug-likeness (QED) is 0.878. The molecule has 3 nitrogen and oxygen atoms in total. The highest BCUT2D eigenvalue weighted by atomic mass is 32.2. The van der Waals surface area contributed by atoms with Gasteiger partial charge in [0.2, 0.25) is 0 Å². The maximum Gasteiger partial charge on any atom is 0.158 e. The average Bonchev–Trinajstić information content (AvgIpc) is 2.48. The predicted octanol–water partition coefficient (Wildman–Crippen LogP) is 3.16. The van der Waals surface area contributed by atoms with Gasteiger partial charge in [0.15, 0.2) is 9.84 Å². The summed E-state index contributed by atoms with van der Waals surface area (Å²) in [5.74, 6) is 0.715. The SMILES string of the molecule is CCNC1CCC(CC)CC1S(=O)(=O)Cc1ccccc1. The molecular formula is C17H27NO2S. The second kappa shape index (κ2) is 7.41. The first-order chi connectivity index (χ1) is 10.1. The second-order valence-electron chi connectivity index (χ2n) is 6.08. The first kappa shape index (κ1) is 16.5. The molecule has 1 aliphatic rings. The smallest absolute Gasteiger partial charge is 0.158 e. The number of nitrogens with one attached hydrogen (secondary N) is 1. The Morgan fingerprint density at radius 1 is 1.14 bits per heavy atom. The average molecular weight is 309 g/mol. The fourth-order valence-electron chi connectivity index (χ4n) is 3.39. The van der Waals surface area contributed by atoms with E-state index in [9.17, 15) is 8.42 Å². The lowest BCUT2D eigenvalue weighted by molar-refractivity contribution is 0.290. The van der Waals surface area contributed by atoms with Gasteiger partial charge in [-0.05, 0) is 37.3 Å². The minimum absolute atomic E-state index is 0.117. The summed E-state index contributed by atoms with van der Waals surface area (Å²) in [6, 6.07) is 9.65. The van der Waals surface area contributed by atoms with Crippen LogP contribution in [0.2, 0.25) is 0 Å². The lowest BCUT2D eigenvalue weighted by Crippen LogP contribution is -2.48. The number of hydrogen-bond donors (Lipinski definition) is 1. The molecule has 1 aliphatic carbocycles. The zero-order valence-electron chi connectivity index (χ0n) is 13.1. The van der Waals surface area contributed by atoms with Gasteiger partial charge in [-0.2, -0.15) is 0 Å². The van der Waals surface area contributed by atoms with E-state index in [4.69, 9.17) is 0 Å². The second-order valence-corrected chi connectivity index (χ2v) is 8.30. The van der Waals surface area contributed by atoms with Crippen LogP contribution in [0.3, 0.4) is 0 Å². The summed E-state index contributed by atoms with van der Waals surface area (Å²) in [6.07, 6.45) is 4.01. The van der Waals surface area contributed by atoms with E-state index in [1.165, 1.54) is 0 Å². The van der Waals surface area contributed by atoms with Crippen molar-refractivity contribution in [3.8, 4) is 0 Å². The molecule has 1 aromatic carbocycles. The third-order valence-electron chi connectivity index (χ3n) is 4.62. The van der Waals surface area contributed by atoms with Crippen LogP contribution in [0.1, 0.15) is 45.1 Å². The monoisotopic (exact) mass is 309 g/mol. The molecule has 1 saturated carbocycles. The van der Waals surface area contributed by atoms with Gasteiger partial charge in [0.1, 0.15) is 0 Å². The fraction of sp³-hybridized carbons (Fsp3) is 0.647. The maximum absolute atomic E-state index is 12.9. The van der Waals surface area contributed by atoms with E-state index < -0.39 is 9.84 Å². The van der Waals surface area contributed by atoms with Crippen molar-refractivity contribution < 1.29 is 8.42 Å². The van der Waals surface area contributed by atoms with E-state index in [1.807, 2.05) is 37.3 Å². The fourth-order valence-corrected chi connectivity index (χ4v) is 5.56. The molecule has 1 fully saturated rings. The molecule has 2 rings (SSSR count). The summed E-state index contributed by atoms with van der Waals surface area (Å²) in [7, 11) is -3.11. The molecule has 0 heterocycles. The van der Waals surface area contributed by atoms with Gasteiger partial charge >= 0.3 is 0 Å². The summed E-state index contributed by atoms with van der Waals surface area (Å²) in [5, 5.41) is 3.15. The lowest BCUT2D eigenvalue weighted by atomic mass is 9.84. The standard InChI is InChI=1S/C17H27NO2S/c1-3-14-10-11-16(18-4-2)17(12-14)21(19,20)13-15-8-6-5-7-9-15/h5-9,14,16-18H,3-4,10-13H2,1-2H3. The highest BCUT2D eigenvalue weighted by Gasteiger charge is 2.37. The lowest BCUT2D eigenvalue weighted by Gasteiger charge is -2.36. The van der Waals surface area contributed by atoms with Crippen molar-refractivity contribution in [1.82, 2.24) is 5.32 Å². The van der Waals surface area contributed by atoms with Gasteiger partial charge < -0.3 is 5.32 Å². The molecule has 4 heteroatoms. The third-order valence-corrected chi connectivity index (χ3v) is 6.80. The Morgan fingerprint density at radius 2 is 1.86 bits per heavy atom. The molecule has 1 aromatic rings. The molecule has 3 unspecified atom stereocenters. The Balaban J connectivity index is 2.17. The van der Waals surface area contributed by atoms with Gasteiger partial charge in [0.25, 0.3) is 0 Å². The summed E-state index contributed by atoms with van der Waals surface area (Å²) >= 11 is 0. The molecule has 0 aromatic heterocycles. The van der Waals surface area contributed by atoms with Crippen LogP contribution >= 0.6 is 0 Å². The summed E-state index contributed by atoms with van der Waals surface area (Å²) in [6.45, 7) is 5.05. The van der Waals surface area contributed by atoms with Gasteiger partial charge in [0.05, 0.1) is 11.0 Å². The van der Waals surface area contributed by atoms with Crippen LogP contribution in [-0.2, 0) is 15.6 Å². The van der Waals surface area contributed by atoms with E-state index in [1.54, 1.807) is 0 Å². The molecule has 118 valence electrons. The Labute approximate surface area is 129 Å². The number of hydrogen-bond acceptors (Lipinski definition) is 3. The largest absolute Gasteiger partial charge is 0.313 e. The molecule has 0 radical (unpaired) electrons. The van der Waals surface area contributed by atoms with Crippen molar-refractivity contribution >= 4 is 9.84 Å². The molecule has 21 heavy (non-hydrogen) atoms. The van der Waals surface area contributed by atoms with Crippen LogP contribution in [0.15, 0.2) is 30.3 Å². The molecule has 0 aliphatic heterocycles. The van der Waals surface area contributed by atoms with Gasteiger partial charge in [-0.25, -0.2) is 8.42 Å². The van der Waals surface area contributed by atoms with Gasteiger partial charge in [-0.1, -0.05) is 50.6 Å². The van der Waals surface area contributed by atoms with Crippen molar-refractivity contribution in [1.29, 1.82) is 0 Å². The van der Waals surface area contributed by atoms with E-state index in [2.05, 4.69) is 12.2 Å². The summed E-state index contributed by atoms with van der Waals surface area (Å²) in [5.41, 5.74) is 0.895. The topological polar surface area (TPSA) is 46.2 Å². The molecule has 3 atom stereocenters. The Kier molecular flexibility index (Phi) is 5.82. The van der Waals surface area contributed by atoms with Crippen LogP contribution in [0, 0.1) is 5.92 Å². The minimum atomic E-state index is -3.11. The summed E-state index contributed by atoms with van der Waals surface area (Å²) < 4.78 is 25.7. The third kappa shape index (κ3) is 4.30. The first-order valence-electron chi connectivity index (χ1n) is 8.05. The van der Waals surface area contributed by atoms with Crippen LogP contribution in [0.25, 0.3) is 0 Å². The van der Waals surface area contributed by atoms with E-state index >= 15 is 0 Å². The van der Waals surface area contributed by atoms with E-state index in [0.717, 1.165) is 37.8 Å².